The van der Waals surface area contributed by atoms with Crippen LogP contribution in [0, 0.1) is 0 Å². The minimum Gasteiger partial charge on any atom is -0.473 e. The van der Waals surface area contributed by atoms with E-state index in [0.717, 1.165) is 49.7 Å². The van der Waals surface area contributed by atoms with Crippen LogP contribution in [0.3, 0.4) is 0 Å². The number of nitrogens with zero attached hydrogens (tertiary/aromatic N) is 3. The minimum absolute atomic E-state index is 0.0905. The van der Waals surface area contributed by atoms with Gasteiger partial charge in [-0.2, -0.15) is 0 Å². The van der Waals surface area contributed by atoms with E-state index in [1.807, 2.05) is 0 Å². The number of ether oxygens (including phenoxy) is 1. The monoisotopic (exact) mass is 495 g/mol. The lowest BCUT2D eigenvalue weighted by Gasteiger charge is -2.32. The molecule has 0 bridgehead atoms. The number of benzene rings is 2. The Balaban J connectivity index is 0.000000431. The fraction of sp³-hybridized carbons (Fsp3) is 0.346. The first-order valence-electron chi connectivity index (χ1n) is 11.6. The van der Waals surface area contributed by atoms with Crippen LogP contribution in [0.1, 0.15) is 35.9 Å². The van der Waals surface area contributed by atoms with E-state index in [9.17, 15) is 0 Å². The van der Waals surface area contributed by atoms with Gasteiger partial charge >= 0.3 is 11.9 Å². The number of hydrogen-bond acceptors (Lipinski definition) is 6. The van der Waals surface area contributed by atoms with Crippen molar-refractivity contribution in [2.24, 2.45) is 0 Å². The van der Waals surface area contributed by atoms with Gasteiger partial charge in [0.15, 0.2) is 0 Å². The van der Waals surface area contributed by atoms with Crippen LogP contribution in [0.5, 0.6) is 0 Å². The molecule has 1 unspecified atom stereocenters. The van der Waals surface area contributed by atoms with Gasteiger partial charge in [0.05, 0.1) is 6.10 Å². The Hall–Kier alpha value is -3.14. The number of likely N-dealkylation sites (tertiary alicyclic amines) is 1. The number of aromatic nitrogens is 2. The fourth-order valence-electron chi connectivity index (χ4n) is 4.30. The molecule has 2 aromatic carbocycles. The second-order valence-electron chi connectivity index (χ2n) is 8.62. The van der Waals surface area contributed by atoms with Crippen molar-refractivity contribution < 1.29 is 24.5 Å². The molecule has 5 rings (SSSR count). The summed E-state index contributed by atoms with van der Waals surface area (Å²) in [6, 6.07) is 19.2. The highest BCUT2D eigenvalue weighted by Crippen LogP contribution is 2.36. The molecule has 1 fully saturated rings. The number of fused-ring (bicyclic) bond motifs is 2. The topological polar surface area (TPSA) is 105 Å². The number of piperidine rings is 1. The highest BCUT2D eigenvalue weighted by Gasteiger charge is 2.30. The maximum Gasteiger partial charge on any atom is 0.414 e. The quantitative estimate of drug-likeness (QED) is 0.525. The van der Waals surface area contributed by atoms with E-state index in [2.05, 4.69) is 77.3 Å². The minimum atomic E-state index is -1.82. The molecule has 0 aliphatic carbocycles. The third kappa shape index (κ3) is 6.50. The van der Waals surface area contributed by atoms with Gasteiger partial charge in [-0.1, -0.05) is 54.2 Å². The number of rotatable bonds is 4. The molecule has 0 spiro atoms. The molecular weight excluding hydrogens is 466 g/mol. The summed E-state index contributed by atoms with van der Waals surface area (Å²) in [5.74, 6) is -2.60. The predicted molar refractivity (Wildman–Crippen MR) is 132 cm³/mol. The molecule has 1 saturated heterocycles. The molecule has 2 N–H and O–H groups in total. The van der Waals surface area contributed by atoms with Crippen LogP contribution in [-0.4, -0.2) is 62.8 Å². The van der Waals surface area contributed by atoms with E-state index in [0.29, 0.717) is 0 Å². The van der Waals surface area contributed by atoms with Gasteiger partial charge in [-0.3, -0.25) is 0 Å². The van der Waals surface area contributed by atoms with Gasteiger partial charge in [-0.05, 0) is 49.6 Å². The summed E-state index contributed by atoms with van der Waals surface area (Å²) in [6.07, 6.45) is 5.58. The second-order valence-corrected chi connectivity index (χ2v) is 9.72. The first-order chi connectivity index (χ1) is 16.9. The third-order valence-electron chi connectivity index (χ3n) is 6.12. The zero-order valence-electron chi connectivity index (χ0n) is 19.5. The van der Waals surface area contributed by atoms with Gasteiger partial charge in [-0.25, -0.2) is 14.6 Å². The first kappa shape index (κ1) is 25.0. The molecule has 2 aliphatic heterocycles. The predicted octanol–water partition coefficient (Wildman–Crippen LogP) is 3.95. The van der Waals surface area contributed by atoms with Gasteiger partial charge in [0.1, 0.15) is 17.0 Å². The van der Waals surface area contributed by atoms with E-state index in [1.165, 1.54) is 16.0 Å². The molecule has 0 amide bonds. The summed E-state index contributed by atoms with van der Waals surface area (Å²) >= 11 is 1.72. The van der Waals surface area contributed by atoms with Gasteiger partial charge in [0.25, 0.3) is 0 Å². The molecule has 9 heteroatoms. The molecule has 2 aliphatic rings. The molecule has 35 heavy (non-hydrogen) atoms. The molecule has 0 radical (unpaired) electrons. The van der Waals surface area contributed by atoms with Crippen molar-refractivity contribution in [3.63, 3.8) is 0 Å². The number of carbonyl (C=O) groups is 2. The van der Waals surface area contributed by atoms with Gasteiger partial charge in [0, 0.05) is 30.7 Å². The first-order valence-corrected chi connectivity index (χ1v) is 12.4. The van der Waals surface area contributed by atoms with Crippen LogP contribution in [0.15, 0.2) is 70.7 Å². The van der Waals surface area contributed by atoms with Crippen molar-refractivity contribution in [3.05, 3.63) is 77.7 Å². The fourth-order valence-corrected chi connectivity index (χ4v) is 5.15. The molecule has 184 valence electrons. The van der Waals surface area contributed by atoms with E-state index >= 15 is 0 Å². The van der Waals surface area contributed by atoms with Gasteiger partial charge < -0.3 is 24.4 Å². The Bertz CT molecular complexity index is 1150. The van der Waals surface area contributed by atoms with E-state index < -0.39 is 11.9 Å². The lowest BCUT2D eigenvalue weighted by Crippen LogP contribution is -2.35. The van der Waals surface area contributed by atoms with Crippen LogP contribution in [0.25, 0.3) is 0 Å². The molecule has 1 aromatic heterocycles. The summed E-state index contributed by atoms with van der Waals surface area (Å²) in [7, 11) is 2.19. The van der Waals surface area contributed by atoms with E-state index in [4.69, 9.17) is 29.5 Å². The summed E-state index contributed by atoms with van der Waals surface area (Å²) in [5.41, 5.74) is 2.67. The zero-order chi connectivity index (χ0) is 24.8. The summed E-state index contributed by atoms with van der Waals surface area (Å²) in [4.78, 5) is 26.9. The van der Waals surface area contributed by atoms with Crippen molar-refractivity contribution in [1.29, 1.82) is 0 Å². The standard InChI is InChI=1S/C24H27N3OS.C2H2O4/c1-26-14-12-19(13-15-26)28-23-21-10-6-5-7-18(21)11-16-27-17-22(25-24(23)27)29-20-8-3-2-4-9-20;3-1(4)2(5)6/h2-10,17,19,23H,11-16H2,1H3;(H,3,4)(H,5,6). The number of imidazole rings is 1. The Morgan fingerprint density at radius 2 is 1.63 bits per heavy atom. The average Bonchev–Trinajstić information content (AvgIpc) is 3.19. The number of carboxylic acids is 2. The number of carboxylic acid groups (broad SMARTS) is 2. The smallest absolute Gasteiger partial charge is 0.414 e. The van der Waals surface area contributed by atoms with E-state index in [-0.39, 0.29) is 12.2 Å². The van der Waals surface area contributed by atoms with Crippen LogP contribution < -0.4 is 0 Å². The van der Waals surface area contributed by atoms with Gasteiger partial charge in [0.2, 0.25) is 0 Å². The summed E-state index contributed by atoms with van der Waals surface area (Å²) in [6.45, 7) is 3.15. The van der Waals surface area contributed by atoms with Crippen molar-refractivity contribution in [1.82, 2.24) is 14.5 Å². The normalized spacial score (nSPS) is 17.9. The van der Waals surface area contributed by atoms with Crippen molar-refractivity contribution in [3.8, 4) is 0 Å². The third-order valence-corrected chi connectivity index (χ3v) is 7.04. The summed E-state index contributed by atoms with van der Waals surface area (Å²) < 4.78 is 9.07. The summed E-state index contributed by atoms with van der Waals surface area (Å²) in [5, 5.41) is 15.8. The highest BCUT2D eigenvalue weighted by atomic mass is 32.2. The second kappa shape index (κ2) is 11.5. The molecule has 1 atom stereocenters. The average molecular weight is 496 g/mol. The number of aryl methyl sites for hydroxylation is 2. The maximum atomic E-state index is 9.10. The molecular formula is C26H29N3O5S. The lowest BCUT2D eigenvalue weighted by molar-refractivity contribution is -0.159. The molecule has 8 nitrogen and oxygen atoms in total. The Kier molecular flexibility index (Phi) is 8.22. The highest BCUT2D eigenvalue weighted by molar-refractivity contribution is 7.99. The van der Waals surface area contributed by atoms with Crippen molar-refractivity contribution in [2.75, 3.05) is 20.1 Å². The SMILES string of the molecule is CN1CCC(OC2c3ccccc3CCn3cc(Sc4ccccc4)nc32)CC1.O=C(O)C(=O)O. The Labute approximate surface area is 208 Å². The largest absolute Gasteiger partial charge is 0.473 e. The van der Waals surface area contributed by atoms with Crippen LogP contribution >= 0.6 is 11.8 Å². The lowest BCUT2D eigenvalue weighted by atomic mass is 10.00. The van der Waals surface area contributed by atoms with E-state index in [1.54, 1.807) is 11.8 Å². The maximum absolute atomic E-state index is 9.10. The zero-order valence-corrected chi connectivity index (χ0v) is 20.4. The van der Waals surface area contributed by atoms with Crippen molar-refractivity contribution >= 4 is 23.7 Å². The van der Waals surface area contributed by atoms with Crippen LogP contribution in [0.2, 0.25) is 0 Å². The van der Waals surface area contributed by atoms with Crippen LogP contribution in [-0.2, 0) is 27.3 Å². The molecule has 0 saturated carbocycles. The van der Waals surface area contributed by atoms with Gasteiger partial charge in [-0.15, -0.1) is 0 Å². The van der Waals surface area contributed by atoms with Crippen molar-refractivity contribution in [2.45, 2.75) is 47.9 Å². The number of aliphatic carboxylic acids is 2. The number of hydrogen-bond donors (Lipinski definition) is 2. The van der Waals surface area contributed by atoms with Crippen LogP contribution in [0.4, 0.5) is 0 Å². The Morgan fingerprint density at radius 1 is 0.971 bits per heavy atom. The molecule has 3 aromatic rings. The Morgan fingerprint density at radius 3 is 2.31 bits per heavy atom. The molecule has 3 heterocycles.